The zero-order valence-electron chi connectivity index (χ0n) is 11.5. The van der Waals surface area contributed by atoms with E-state index in [2.05, 4.69) is 34.3 Å². The van der Waals surface area contributed by atoms with Crippen LogP contribution in [0.25, 0.3) is 5.69 Å². The van der Waals surface area contributed by atoms with Crippen LogP contribution in [0.5, 0.6) is 0 Å². The molecule has 0 spiro atoms. The summed E-state index contributed by atoms with van der Waals surface area (Å²) in [7, 11) is 0. The molecule has 2 N–H and O–H groups in total. The Morgan fingerprint density at radius 1 is 1.30 bits per heavy atom. The van der Waals surface area contributed by atoms with E-state index in [0.717, 1.165) is 31.9 Å². The summed E-state index contributed by atoms with van der Waals surface area (Å²) in [5, 5.41) is 4.23. The Labute approximate surface area is 118 Å². The van der Waals surface area contributed by atoms with Crippen LogP contribution >= 0.6 is 0 Å². The van der Waals surface area contributed by atoms with E-state index in [1.54, 1.807) is 6.20 Å². The van der Waals surface area contributed by atoms with E-state index in [1.807, 2.05) is 16.9 Å². The molecule has 2 heterocycles. The third-order valence-corrected chi connectivity index (χ3v) is 3.60. The fraction of sp³-hybridized carbons (Fsp3) is 0.400. The van der Waals surface area contributed by atoms with Crippen molar-refractivity contribution in [3.05, 3.63) is 48.3 Å². The minimum atomic E-state index is 0.173. The van der Waals surface area contributed by atoms with Crippen molar-refractivity contribution >= 4 is 0 Å². The minimum absolute atomic E-state index is 0.173. The van der Waals surface area contributed by atoms with Gasteiger partial charge in [-0.05, 0) is 23.8 Å². The maximum Gasteiger partial charge on any atom is 0.0824 e. The van der Waals surface area contributed by atoms with Gasteiger partial charge in [0, 0.05) is 38.6 Å². The van der Waals surface area contributed by atoms with Crippen molar-refractivity contribution in [3.63, 3.8) is 0 Å². The van der Waals surface area contributed by atoms with Gasteiger partial charge in [-0.25, -0.2) is 4.68 Å². The van der Waals surface area contributed by atoms with Crippen molar-refractivity contribution in [1.82, 2.24) is 14.7 Å². The normalized spacial score (nSPS) is 20.1. The van der Waals surface area contributed by atoms with Crippen LogP contribution in [0.15, 0.2) is 42.7 Å². The van der Waals surface area contributed by atoms with Crippen LogP contribution in [-0.4, -0.2) is 47.0 Å². The largest absolute Gasteiger partial charge is 0.374 e. The van der Waals surface area contributed by atoms with Gasteiger partial charge in [0.2, 0.25) is 0 Å². The van der Waals surface area contributed by atoms with Crippen LogP contribution in [0.3, 0.4) is 0 Å². The lowest BCUT2D eigenvalue weighted by atomic mass is 10.1. The van der Waals surface area contributed by atoms with E-state index in [-0.39, 0.29) is 6.10 Å². The molecule has 1 saturated heterocycles. The molecular weight excluding hydrogens is 252 g/mol. The summed E-state index contributed by atoms with van der Waals surface area (Å²) in [6.45, 7) is 4.19. The van der Waals surface area contributed by atoms with Crippen molar-refractivity contribution in [1.29, 1.82) is 0 Å². The average molecular weight is 272 g/mol. The molecule has 106 valence electrons. The topological polar surface area (TPSA) is 56.3 Å². The van der Waals surface area contributed by atoms with Gasteiger partial charge in [-0.2, -0.15) is 5.10 Å². The molecular formula is C15H20N4O. The van der Waals surface area contributed by atoms with Gasteiger partial charge in [0.15, 0.2) is 0 Å². The lowest BCUT2D eigenvalue weighted by Crippen LogP contribution is -2.45. The van der Waals surface area contributed by atoms with Crippen LogP contribution in [-0.2, 0) is 11.3 Å². The molecule has 0 bridgehead atoms. The Bertz CT molecular complexity index is 523. The molecule has 5 nitrogen and oxygen atoms in total. The van der Waals surface area contributed by atoms with E-state index in [1.165, 1.54) is 5.56 Å². The highest BCUT2D eigenvalue weighted by Crippen LogP contribution is 2.13. The summed E-state index contributed by atoms with van der Waals surface area (Å²) >= 11 is 0. The Hall–Kier alpha value is -1.69. The third kappa shape index (κ3) is 3.07. The first kappa shape index (κ1) is 13.3. The quantitative estimate of drug-likeness (QED) is 0.903. The molecule has 1 fully saturated rings. The number of hydrogen-bond donors (Lipinski definition) is 1. The number of ether oxygens (including phenoxy) is 1. The van der Waals surface area contributed by atoms with Gasteiger partial charge in [0.25, 0.3) is 0 Å². The Kier molecular flexibility index (Phi) is 4.11. The van der Waals surface area contributed by atoms with Crippen molar-refractivity contribution in [2.75, 3.05) is 26.2 Å². The van der Waals surface area contributed by atoms with Gasteiger partial charge in [-0.15, -0.1) is 0 Å². The predicted molar refractivity (Wildman–Crippen MR) is 77.6 cm³/mol. The second-order valence-electron chi connectivity index (χ2n) is 5.08. The van der Waals surface area contributed by atoms with Crippen LogP contribution < -0.4 is 5.73 Å². The van der Waals surface area contributed by atoms with Crippen molar-refractivity contribution < 1.29 is 4.74 Å². The van der Waals surface area contributed by atoms with Crippen molar-refractivity contribution in [2.45, 2.75) is 12.6 Å². The zero-order chi connectivity index (χ0) is 13.8. The van der Waals surface area contributed by atoms with Gasteiger partial charge < -0.3 is 10.5 Å². The van der Waals surface area contributed by atoms with Crippen LogP contribution in [0.1, 0.15) is 5.56 Å². The maximum atomic E-state index is 5.67. The lowest BCUT2D eigenvalue weighted by molar-refractivity contribution is -0.0260. The van der Waals surface area contributed by atoms with E-state index in [0.29, 0.717) is 6.54 Å². The summed E-state index contributed by atoms with van der Waals surface area (Å²) in [4.78, 5) is 2.39. The predicted octanol–water partition coefficient (Wildman–Crippen LogP) is 1.03. The van der Waals surface area contributed by atoms with Crippen LogP contribution in [0, 0.1) is 0 Å². The standard InChI is InChI=1S/C15H20N4O/c16-10-15-12-18(8-9-20-15)11-13-2-4-14(5-3-13)19-7-1-6-17-19/h1-7,15H,8-12,16H2. The first-order chi connectivity index (χ1) is 9.85. The molecule has 3 rings (SSSR count). The highest BCUT2D eigenvalue weighted by Gasteiger charge is 2.18. The van der Waals surface area contributed by atoms with E-state index >= 15 is 0 Å². The molecule has 1 aliphatic rings. The number of benzene rings is 1. The van der Waals surface area contributed by atoms with Crippen LogP contribution in [0.2, 0.25) is 0 Å². The number of nitrogens with two attached hydrogens (primary N) is 1. The first-order valence-electron chi connectivity index (χ1n) is 6.98. The molecule has 2 aromatic rings. The second-order valence-corrected chi connectivity index (χ2v) is 5.08. The maximum absolute atomic E-state index is 5.67. The smallest absolute Gasteiger partial charge is 0.0824 e. The number of morpholine rings is 1. The molecule has 1 unspecified atom stereocenters. The Balaban J connectivity index is 1.63. The molecule has 5 heteroatoms. The molecule has 20 heavy (non-hydrogen) atoms. The molecule has 1 atom stereocenters. The monoisotopic (exact) mass is 272 g/mol. The van der Waals surface area contributed by atoms with Crippen molar-refractivity contribution in [3.8, 4) is 5.69 Å². The summed E-state index contributed by atoms with van der Waals surface area (Å²) < 4.78 is 7.45. The van der Waals surface area contributed by atoms with Gasteiger partial charge >= 0.3 is 0 Å². The van der Waals surface area contributed by atoms with E-state index in [4.69, 9.17) is 10.5 Å². The molecule has 0 radical (unpaired) electrons. The summed E-state index contributed by atoms with van der Waals surface area (Å²) in [5.74, 6) is 0. The van der Waals surface area contributed by atoms with Gasteiger partial charge in [0.05, 0.1) is 18.4 Å². The van der Waals surface area contributed by atoms with E-state index < -0.39 is 0 Å². The fourth-order valence-corrected chi connectivity index (χ4v) is 2.50. The zero-order valence-corrected chi connectivity index (χ0v) is 11.5. The highest BCUT2D eigenvalue weighted by atomic mass is 16.5. The average Bonchev–Trinajstić information content (AvgIpc) is 3.02. The van der Waals surface area contributed by atoms with Crippen molar-refractivity contribution in [2.24, 2.45) is 5.73 Å². The first-order valence-corrected chi connectivity index (χ1v) is 6.98. The van der Waals surface area contributed by atoms with E-state index in [9.17, 15) is 0 Å². The lowest BCUT2D eigenvalue weighted by Gasteiger charge is -2.32. The number of nitrogens with zero attached hydrogens (tertiary/aromatic N) is 3. The summed E-state index contributed by atoms with van der Waals surface area (Å²) in [6.07, 6.45) is 3.91. The Morgan fingerprint density at radius 2 is 2.15 bits per heavy atom. The minimum Gasteiger partial charge on any atom is -0.374 e. The SMILES string of the molecule is NCC1CN(Cc2ccc(-n3cccn3)cc2)CCO1. The second kappa shape index (κ2) is 6.17. The Morgan fingerprint density at radius 3 is 2.85 bits per heavy atom. The van der Waals surface area contributed by atoms with Crippen LogP contribution in [0.4, 0.5) is 0 Å². The fourth-order valence-electron chi connectivity index (χ4n) is 2.50. The van der Waals surface area contributed by atoms with Gasteiger partial charge in [0.1, 0.15) is 0 Å². The highest BCUT2D eigenvalue weighted by molar-refractivity contribution is 5.33. The van der Waals surface area contributed by atoms with Gasteiger partial charge in [-0.1, -0.05) is 12.1 Å². The summed E-state index contributed by atoms with van der Waals surface area (Å²) in [6, 6.07) is 10.4. The number of rotatable bonds is 4. The molecule has 1 aromatic carbocycles. The number of hydrogen-bond acceptors (Lipinski definition) is 4. The molecule has 0 amide bonds. The van der Waals surface area contributed by atoms with Gasteiger partial charge in [-0.3, -0.25) is 4.90 Å². The molecule has 1 aliphatic heterocycles. The molecule has 0 aliphatic carbocycles. The molecule has 1 aromatic heterocycles. The summed E-state index contributed by atoms with van der Waals surface area (Å²) in [5.41, 5.74) is 8.06. The third-order valence-electron chi connectivity index (χ3n) is 3.60. The molecule has 0 saturated carbocycles. The number of aromatic nitrogens is 2.